The van der Waals surface area contributed by atoms with Crippen molar-refractivity contribution in [1.29, 1.82) is 0 Å². The molecule has 1 N–H and O–H groups in total. The fraction of sp³-hybridized carbons (Fsp3) is 0.385. The van der Waals surface area contributed by atoms with E-state index in [1.165, 1.54) is 7.11 Å². The molecular formula is C13H16F5NO4S. The van der Waals surface area contributed by atoms with Crippen molar-refractivity contribution >= 4 is 22.1 Å². The monoisotopic (exact) mass is 377 g/mol. The number of esters is 1. The number of hydrogen-bond donors (Lipinski definition) is 1. The molecular weight excluding hydrogens is 361 g/mol. The molecule has 0 aliphatic carbocycles. The summed E-state index contributed by atoms with van der Waals surface area (Å²) in [4.78, 5) is 20.1. The number of amides is 1. The van der Waals surface area contributed by atoms with E-state index in [4.69, 9.17) is 4.74 Å². The Bertz CT molecular complexity index is 603. The lowest BCUT2D eigenvalue weighted by molar-refractivity contribution is -0.141. The van der Waals surface area contributed by atoms with E-state index in [1.54, 1.807) is 0 Å². The normalized spacial score (nSPS) is 14.2. The first-order valence-corrected chi connectivity index (χ1v) is 8.57. The van der Waals surface area contributed by atoms with E-state index in [2.05, 4.69) is 10.1 Å². The van der Waals surface area contributed by atoms with Crippen LogP contribution in [0.15, 0.2) is 29.2 Å². The molecule has 0 radical (unpaired) electrons. The van der Waals surface area contributed by atoms with Crippen LogP contribution in [-0.2, 0) is 14.3 Å². The van der Waals surface area contributed by atoms with E-state index in [0.717, 1.165) is 12.1 Å². The number of halogens is 5. The minimum absolute atomic E-state index is 0.0125. The summed E-state index contributed by atoms with van der Waals surface area (Å²) in [6, 6.07) is 2.06. The highest BCUT2D eigenvalue weighted by Crippen LogP contribution is 3.02. The third kappa shape index (κ3) is 7.02. The molecule has 0 aromatic heterocycles. The zero-order chi connectivity index (χ0) is 18.5. The molecule has 11 heteroatoms. The van der Waals surface area contributed by atoms with E-state index in [0.29, 0.717) is 0 Å². The maximum absolute atomic E-state index is 12.5. The van der Waals surface area contributed by atoms with Gasteiger partial charge in [0.15, 0.2) is 0 Å². The number of carbonyl (C=O) groups excluding carboxylic acids is 2. The van der Waals surface area contributed by atoms with Crippen molar-refractivity contribution in [2.75, 3.05) is 20.3 Å². The van der Waals surface area contributed by atoms with Crippen LogP contribution in [0.3, 0.4) is 0 Å². The highest BCUT2D eigenvalue weighted by Gasteiger charge is 2.65. The molecule has 0 aliphatic rings. The van der Waals surface area contributed by atoms with E-state index >= 15 is 0 Å². The van der Waals surface area contributed by atoms with Gasteiger partial charge in [-0.15, -0.1) is 0 Å². The summed E-state index contributed by atoms with van der Waals surface area (Å²) in [6.07, 6.45) is 0.233. The van der Waals surface area contributed by atoms with Crippen molar-refractivity contribution in [1.82, 2.24) is 5.32 Å². The van der Waals surface area contributed by atoms with Gasteiger partial charge in [-0.3, -0.25) is 9.59 Å². The highest BCUT2D eigenvalue weighted by molar-refractivity contribution is 8.45. The van der Waals surface area contributed by atoms with Crippen molar-refractivity contribution in [3.63, 3.8) is 0 Å². The fourth-order valence-corrected chi connectivity index (χ4v) is 2.20. The van der Waals surface area contributed by atoms with E-state index in [9.17, 15) is 29.0 Å². The van der Waals surface area contributed by atoms with Gasteiger partial charge in [0.05, 0.1) is 13.7 Å². The standard InChI is InChI=1S/C13H16F5NO4S/c1-22-13(21)9-19-12(20)3-2-8-23-10-4-6-11(7-5-10)24(14,15,16,17)18/h4-7H,2-3,8-9H2,1H3,(H,19,20). The molecule has 138 valence electrons. The number of ether oxygens (including phenoxy) is 2. The lowest BCUT2D eigenvalue weighted by Crippen LogP contribution is -2.30. The van der Waals surface area contributed by atoms with Crippen LogP contribution in [0.25, 0.3) is 0 Å². The van der Waals surface area contributed by atoms with Crippen molar-refractivity contribution in [3.8, 4) is 5.75 Å². The lowest BCUT2D eigenvalue weighted by atomic mass is 10.3. The number of methoxy groups -OCH3 is 1. The molecule has 0 unspecified atom stereocenters. The minimum Gasteiger partial charge on any atom is -0.494 e. The molecule has 1 aromatic carbocycles. The molecule has 0 heterocycles. The Hall–Kier alpha value is -2.04. The van der Waals surface area contributed by atoms with Gasteiger partial charge >= 0.3 is 16.2 Å². The maximum atomic E-state index is 12.5. The van der Waals surface area contributed by atoms with Gasteiger partial charge in [0, 0.05) is 6.42 Å². The third-order valence-corrected chi connectivity index (χ3v) is 3.91. The first-order chi connectivity index (χ1) is 10.8. The molecule has 0 aliphatic heterocycles. The summed E-state index contributed by atoms with van der Waals surface area (Å²) in [5.41, 5.74) is 0. The van der Waals surface area contributed by atoms with Crippen LogP contribution < -0.4 is 10.1 Å². The summed E-state index contributed by atoms with van der Waals surface area (Å²) >= 11 is 0. The minimum atomic E-state index is -9.68. The number of hydrogen-bond acceptors (Lipinski definition) is 4. The molecule has 24 heavy (non-hydrogen) atoms. The van der Waals surface area contributed by atoms with Crippen LogP contribution in [0.1, 0.15) is 12.8 Å². The highest BCUT2D eigenvalue weighted by atomic mass is 32.5. The zero-order valence-electron chi connectivity index (χ0n) is 12.6. The quantitative estimate of drug-likeness (QED) is 0.425. The van der Waals surface area contributed by atoms with Crippen LogP contribution >= 0.6 is 10.2 Å². The molecule has 0 fully saturated rings. The molecule has 0 saturated heterocycles. The Kier molecular flexibility index (Phi) is 5.38. The SMILES string of the molecule is COC(=O)CNC(=O)CCCOc1ccc(S(F)(F)(F)(F)F)cc1. The number of carbonyl (C=O) groups is 2. The van der Waals surface area contributed by atoms with Gasteiger partial charge in [-0.05, 0) is 30.7 Å². The molecule has 0 atom stereocenters. The summed E-state index contributed by atoms with van der Waals surface area (Å²) < 4.78 is 71.9. The van der Waals surface area contributed by atoms with Gasteiger partial charge in [0.2, 0.25) is 5.91 Å². The molecule has 0 spiro atoms. The molecule has 1 rings (SSSR count). The Morgan fingerprint density at radius 2 is 1.67 bits per heavy atom. The van der Waals surface area contributed by atoms with Gasteiger partial charge in [-0.2, -0.15) is 0 Å². The van der Waals surface area contributed by atoms with Gasteiger partial charge < -0.3 is 14.8 Å². The zero-order valence-corrected chi connectivity index (χ0v) is 13.4. The predicted molar refractivity (Wildman–Crippen MR) is 77.6 cm³/mol. The Labute approximate surface area is 134 Å². The average Bonchev–Trinajstić information content (AvgIpc) is 2.47. The second-order valence-electron chi connectivity index (χ2n) is 4.75. The molecule has 1 amide bonds. The van der Waals surface area contributed by atoms with E-state index in [-0.39, 0.29) is 43.9 Å². The topological polar surface area (TPSA) is 64.6 Å². The van der Waals surface area contributed by atoms with Crippen LogP contribution in [0.2, 0.25) is 0 Å². The Balaban J connectivity index is 2.40. The second-order valence-corrected chi connectivity index (χ2v) is 7.15. The fourth-order valence-electron chi connectivity index (χ4n) is 1.55. The van der Waals surface area contributed by atoms with E-state index in [1.807, 2.05) is 0 Å². The first kappa shape index (κ1) is 20.0. The Morgan fingerprint density at radius 3 is 2.17 bits per heavy atom. The second kappa shape index (κ2) is 6.46. The molecule has 0 saturated carbocycles. The van der Waals surface area contributed by atoms with Crippen LogP contribution in [-0.4, -0.2) is 32.1 Å². The number of benzene rings is 1. The largest absolute Gasteiger partial charge is 0.494 e. The summed E-state index contributed by atoms with van der Waals surface area (Å²) in [6.45, 7) is -0.284. The molecule has 5 nitrogen and oxygen atoms in total. The summed E-state index contributed by atoms with van der Waals surface area (Å²) in [7, 11) is -8.51. The van der Waals surface area contributed by atoms with Gasteiger partial charge in [-0.25, -0.2) is 0 Å². The van der Waals surface area contributed by atoms with Crippen LogP contribution in [0.5, 0.6) is 5.75 Å². The maximum Gasteiger partial charge on any atom is 0.325 e. The van der Waals surface area contributed by atoms with E-state index < -0.39 is 27.0 Å². The Morgan fingerprint density at radius 1 is 1.08 bits per heavy atom. The van der Waals surface area contributed by atoms with Crippen molar-refractivity contribution in [3.05, 3.63) is 24.3 Å². The summed E-state index contributed by atoms with van der Waals surface area (Å²) in [5.74, 6) is -1.07. The molecule has 1 aromatic rings. The first-order valence-electron chi connectivity index (χ1n) is 6.62. The smallest absolute Gasteiger partial charge is 0.325 e. The number of nitrogens with one attached hydrogen (secondary N) is 1. The van der Waals surface area contributed by atoms with Gasteiger partial charge in [0.1, 0.15) is 17.2 Å². The van der Waals surface area contributed by atoms with Crippen LogP contribution in [0.4, 0.5) is 19.4 Å². The average molecular weight is 377 g/mol. The third-order valence-electron chi connectivity index (χ3n) is 2.74. The predicted octanol–water partition coefficient (Wildman–Crippen LogP) is 3.79. The van der Waals surface area contributed by atoms with Crippen LogP contribution in [0, 0.1) is 0 Å². The lowest BCUT2D eigenvalue weighted by Gasteiger charge is -2.40. The number of rotatable bonds is 8. The van der Waals surface area contributed by atoms with Gasteiger partial charge in [-0.1, -0.05) is 19.4 Å². The van der Waals surface area contributed by atoms with Gasteiger partial charge in [0.25, 0.3) is 0 Å². The summed E-state index contributed by atoms with van der Waals surface area (Å²) in [5, 5.41) is 2.29. The van der Waals surface area contributed by atoms with Crippen molar-refractivity contribution in [2.45, 2.75) is 17.7 Å². The molecule has 0 bridgehead atoms. The van der Waals surface area contributed by atoms with Crippen molar-refractivity contribution in [2.24, 2.45) is 0 Å². The van der Waals surface area contributed by atoms with Crippen molar-refractivity contribution < 1.29 is 38.5 Å².